The number of hydrogen-bond donors (Lipinski definition) is 0. The van der Waals surface area contributed by atoms with Gasteiger partial charge in [0.1, 0.15) is 15.8 Å². The van der Waals surface area contributed by atoms with Crippen LogP contribution in [0, 0.1) is 0 Å². The van der Waals surface area contributed by atoms with Crippen molar-refractivity contribution in [2.24, 2.45) is 7.05 Å². The molecule has 0 amide bonds. The molecule has 5 aromatic heterocycles. The van der Waals surface area contributed by atoms with E-state index in [1.54, 1.807) is 22.7 Å². The number of nitrogens with zero attached hydrogens (tertiary/aromatic N) is 6. The molecule has 0 saturated heterocycles. The van der Waals surface area contributed by atoms with E-state index in [4.69, 9.17) is 4.98 Å². The van der Waals surface area contributed by atoms with Crippen molar-refractivity contribution in [2.75, 3.05) is 0 Å². The Morgan fingerprint density at radius 1 is 0.556 bits per heavy atom. The van der Waals surface area contributed by atoms with Crippen LogP contribution in [0.4, 0.5) is 0 Å². The van der Waals surface area contributed by atoms with Gasteiger partial charge in [-0.05, 0) is 66.7 Å². The van der Waals surface area contributed by atoms with Gasteiger partial charge in [0, 0.05) is 75.1 Å². The number of rotatable bonds is 5. The third kappa shape index (κ3) is 4.29. The topological polar surface area (TPSA) is 61.4 Å². The van der Waals surface area contributed by atoms with Crippen molar-refractivity contribution in [3.8, 4) is 49.5 Å². The van der Waals surface area contributed by atoms with Gasteiger partial charge in [-0.2, -0.15) is 0 Å². The summed E-state index contributed by atoms with van der Waals surface area (Å²) in [6.45, 7) is 0. The van der Waals surface area contributed by atoms with Gasteiger partial charge in [-0.25, -0.2) is 15.0 Å². The van der Waals surface area contributed by atoms with Crippen LogP contribution in [0.1, 0.15) is 0 Å². The van der Waals surface area contributed by atoms with E-state index in [9.17, 15) is 0 Å². The predicted octanol–water partition coefficient (Wildman–Crippen LogP) is 9.65. The van der Waals surface area contributed by atoms with E-state index in [1.165, 1.54) is 10.8 Å². The minimum atomic E-state index is 0.922. The molecule has 45 heavy (non-hydrogen) atoms. The number of thiazole rings is 2. The van der Waals surface area contributed by atoms with Gasteiger partial charge in [-0.1, -0.05) is 30.3 Å². The average Bonchev–Trinajstić information content (AvgIpc) is 3.91. The van der Waals surface area contributed by atoms with Crippen LogP contribution in [-0.2, 0) is 7.05 Å². The first-order valence-corrected chi connectivity index (χ1v) is 16.3. The van der Waals surface area contributed by atoms with Gasteiger partial charge in [0.2, 0.25) is 0 Å². The zero-order valence-electron chi connectivity index (χ0n) is 24.1. The second-order valence-corrected chi connectivity index (χ2v) is 12.7. The SMILES string of the molecule is Cn1c(-c2ccc3c4cc(-c5nccs5)ccc4n(-c4cccc(-c5ccccn5)c4)c3c2)nc2cc(-c3nccs3)ccc21. The predicted molar refractivity (Wildman–Crippen MR) is 186 cm³/mol. The van der Waals surface area contributed by atoms with Crippen LogP contribution in [-0.4, -0.2) is 29.1 Å². The maximum absolute atomic E-state index is 5.13. The van der Waals surface area contributed by atoms with Crippen molar-refractivity contribution in [2.45, 2.75) is 0 Å². The third-order valence-corrected chi connectivity index (χ3v) is 9.97. The summed E-state index contributed by atoms with van der Waals surface area (Å²) in [5.74, 6) is 0.922. The molecule has 9 aromatic rings. The minimum Gasteiger partial charge on any atom is -0.327 e. The number of aryl methyl sites for hydroxylation is 1. The summed E-state index contributed by atoms with van der Waals surface area (Å²) >= 11 is 3.30. The highest BCUT2D eigenvalue weighted by molar-refractivity contribution is 7.13. The lowest BCUT2D eigenvalue weighted by molar-refractivity contribution is 0.959. The lowest BCUT2D eigenvalue weighted by Gasteiger charge is -2.11. The van der Waals surface area contributed by atoms with E-state index in [1.807, 2.05) is 41.5 Å². The molecule has 0 saturated carbocycles. The Hall–Kier alpha value is -5.44. The largest absolute Gasteiger partial charge is 0.327 e. The molecular formula is C37H24N6S2. The molecular weight excluding hydrogens is 593 g/mol. The molecule has 0 N–H and O–H groups in total. The fourth-order valence-corrected chi connectivity index (χ4v) is 7.50. The Kier molecular flexibility index (Phi) is 5.97. The molecule has 9 rings (SSSR count). The van der Waals surface area contributed by atoms with Gasteiger partial charge in [0.05, 0.1) is 27.8 Å². The molecule has 0 aliphatic heterocycles. The van der Waals surface area contributed by atoms with Crippen LogP contribution in [0.3, 0.4) is 0 Å². The van der Waals surface area contributed by atoms with E-state index in [-0.39, 0.29) is 0 Å². The maximum atomic E-state index is 5.13. The van der Waals surface area contributed by atoms with Crippen LogP contribution >= 0.6 is 22.7 Å². The fraction of sp³-hybridized carbons (Fsp3) is 0.0270. The zero-order chi connectivity index (χ0) is 29.9. The van der Waals surface area contributed by atoms with Crippen LogP contribution in [0.2, 0.25) is 0 Å². The van der Waals surface area contributed by atoms with Gasteiger partial charge < -0.3 is 9.13 Å². The minimum absolute atomic E-state index is 0.922. The summed E-state index contributed by atoms with van der Waals surface area (Å²) in [4.78, 5) is 18.8. The monoisotopic (exact) mass is 616 g/mol. The van der Waals surface area contributed by atoms with Gasteiger partial charge >= 0.3 is 0 Å². The molecule has 0 fully saturated rings. The number of pyridine rings is 1. The molecule has 0 aliphatic rings. The van der Waals surface area contributed by atoms with Crippen molar-refractivity contribution in [3.63, 3.8) is 0 Å². The first kappa shape index (κ1) is 26.0. The first-order chi connectivity index (χ1) is 22.2. The van der Waals surface area contributed by atoms with Gasteiger partial charge in [-0.3, -0.25) is 4.98 Å². The van der Waals surface area contributed by atoms with Crippen LogP contribution < -0.4 is 0 Å². The maximum Gasteiger partial charge on any atom is 0.140 e. The Balaban J connectivity index is 1.26. The van der Waals surface area contributed by atoms with E-state index in [2.05, 4.69) is 116 Å². The molecule has 0 unspecified atom stereocenters. The third-order valence-electron chi connectivity index (χ3n) is 8.33. The van der Waals surface area contributed by atoms with Crippen molar-refractivity contribution < 1.29 is 0 Å². The average molecular weight is 617 g/mol. The highest BCUT2D eigenvalue weighted by atomic mass is 32.1. The molecule has 0 bridgehead atoms. The summed E-state index contributed by atoms with van der Waals surface area (Å²) in [5.41, 5.74) is 10.7. The van der Waals surface area contributed by atoms with E-state index in [0.717, 1.165) is 71.5 Å². The molecule has 0 radical (unpaired) electrons. The second kappa shape index (κ2) is 10.3. The summed E-state index contributed by atoms with van der Waals surface area (Å²) < 4.78 is 4.53. The molecule has 0 aliphatic carbocycles. The molecule has 5 heterocycles. The Morgan fingerprint density at radius 3 is 2.09 bits per heavy atom. The van der Waals surface area contributed by atoms with Crippen molar-refractivity contribution in [1.82, 2.24) is 29.1 Å². The molecule has 6 nitrogen and oxygen atoms in total. The molecule has 4 aromatic carbocycles. The quantitative estimate of drug-likeness (QED) is 0.193. The van der Waals surface area contributed by atoms with Crippen LogP contribution in [0.25, 0.3) is 82.3 Å². The fourth-order valence-electron chi connectivity index (χ4n) is 6.23. The lowest BCUT2D eigenvalue weighted by Crippen LogP contribution is -1.96. The zero-order valence-corrected chi connectivity index (χ0v) is 25.8. The normalized spacial score (nSPS) is 11.7. The first-order valence-electron chi connectivity index (χ1n) is 14.6. The standard InChI is InChI=1S/C37H24N6S2/c1-42-33-13-10-26(37-40-16-18-45-37)21-31(33)41-35(42)24-8-11-28-29-20-25(36-39-15-17-44-36)9-12-32(29)43(34(28)22-24)27-6-4-5-23(19-27)30-7-2-3-14-38-30/h2-22H,1H3. The van der Waals surface area contributed by atoms with Crippen LogP contribution in [0.15, 0.2) is 126 Å². The summed E-state index contributed by atoms with van der Waals surface area (Å²) in [6.07, 6.45) is 5.54. The number of benzene rings is 4. The van der Waals surface area contributed by atoms with Crippen molar-refractivity contribution in [3.05, 3.63) is 126 Å². The molecule has 0 atom stereocenters. The number of imidazole rings is 1. The van der Waals surface area contributed by atoms with E-state index >= 15 is 0 Å². The number of fused-ring (bicyclic) bond motifs is 4. The van der Waals surface area contributed by atoms with Gasteiger partial charge in [0.15, 0.2) is 0 Å². The van der Waals surface area contributed by atoms with E-state index < -0.39 is 0 Å². The lowest BCUT2D eigenvalue weighted by atomic mass is 10.1. The summed E-state index contributed by atoms with van der Waals surface area (Å²) in [6, 6.07) is 34.4. The Morgan fingerprint density at radius 2 is 1.33 bits per heavy atom. The van der Waals surface area contributed by atoms with Gasteiger partial charge in [0.25, 0.3) is 0 Å². The highest BCUT2D eigenvalue weighted by Gasteiger charge is 2.18. The molecule has 8 heteroatoms. The number of hydrogen-bond acceptors (Lipinski definition) is 6. The molecule has 0 spiro atoms. The van der Waals surface area contributed by atoms with Crippen molar-refractivity contribution in [1.29, 1.82) is 0 Å². The highest BCUT2D eigenvalue weighted by Crippen LogP contribution is 2.38. The van der Waals surface area contributed by atoms with Crippen LogP contribution in [0.5, 0.6) is 0 Å². The Labute approximate surface area is 266 Å². The second-order valence-electron chi connectivity index (χ2n) is 10.9. The summed E-state index contributed by atoms with van der Waals surface area (Å²) in [5, 5.41) is 8.41. The van der Waals surface area contributed by atoms with Crippen molar-refractivity contribution >= 4 is 55.5 Å². The smallest absolute Gasteiger partial charge is 0.140 e. The van der Waals surface area contributed by atoms with Gasteiger partial charge in [-0.15, -0.1) is 22.7 Å². The summed E-state index contributed by atoms with van der Waals surface area (Å²) in [7, 11) is 2.09. The number of aromatic nitrogens is 6. The van der Waals surface area contributed by atoms with E-state index in [0.29, 0.717) is 0 Å². The molecule has 214 valence electrons. The Bertz CT molecular complexity index is 2490.